The SMILES string of the molecule is CN1CCC23CC(O)CCC2C1Cc1cccc(O)c13. The van der Waals surface area contributed by atoms with Crippen LogP contribution in [0.1, 0.15) is 36.8 Å². The van der Waals surface area contributed by atoms with Crippen molar-refractivity contribution in [2.45, 2.75) is 49.7 Å². The minimum absolute atomic E-state index is 0.00771. The summed E-state index contributed by atoms with van der Waals surface area (Å²) in [6.07, 6.45) is 4.73. The van der Waals surface area contributed by atoms with Gasteiger partial charge in [0.25, 0.3) is 0 Å². The van der Waals surface area contributed by atoms with Crippen LogP contribution in [0.5, 0.6) is 5.75 Å². The lowest BCUT2D eigenvalue weighted by atomic mass is 9.52. The van der Waals surface area contributed by atoms with E-state index in [0.717, 1.165) is 44.2 Å². The van der Waals surface area contributed by atoms with E-state index in [4.69, 9.17) is 0 Å². The van der Waals surface area contributed by atoms with E-state index in [2.05, 4.69) is 18.0 Å². The van der Waals surface area contributed by atoms with Crippen LogP contribution in [0.15, 0.2) is 18.2 Å². The monoisotopic (exact) mass is 273 g/mol. The van der Waals surface area contributed by atoms with Gasteiger partial charge in [-0.3, -0.25) is 0 Å². The predicted molar refractivity (Wildman–Crippen MR) is 77.9 cm³/mol. The quantitative estimate of drug-likeness (QED) is 0.760. The second-order valence-electron chi connectivity index (χ2n) is 7.01. The van der Waals surface area contributed by atoms with Crippen LogP contribution in [0.25, 0.3) is 0 Å². The third-order valence-corrected chi connectivity index (χ3v) is 6.12. The Morgan fingerprint density at radius 1 is 1.30 bits per heavy atom. The largest absolute Gasteiger partial charge is 0.508 e. The van der Waals surface area contributed by atoms with Crippen molar-refractivity contribution in [3.8, 4) is 5.75 Å². The van der Waals surface area contributed by atoms with Crippen molar-refractivity contribution in [1.29, 1.82) is 0 Å². The van der Waals surface area contributed by atoms with E-state index in [0.29, 0.717) is 17.7 Å². The molecule has 3 aliphatic rings. The summed E-state index contributed by atoms with van der Waals surface area (Å²) in [5, 5.41) is 20.7. The molecule has 0 amide bonds. The topological polar surface area (TPSA) is 43.7 Å². The van der Waals surface area contributed by atoms with Crippen molar-refractivity contribution in [1.82, 2.24) is 4.90 Å². The Morgan fingerprint density at radius 2 is 2.15 bits per heavy atom. The Balaban J connectivity index is 1.92. The summed E-state index contributed by atoms with van der Waals surface area (Å²) < 4.78 is 0. The zero-order valence-electron chi connectivity index (χ0n) is 12.0. The van der Waals surface area contributed by atoms with Crippen molar-refractivity contribution in [3.05, 3.63) is 29.3 Å². The zero-order chi connectivity index (χ0) is 13.9. The molecule has 2 aliphatic carbocycles. The third kappa shape index (κ3) is 1.54. The fourth-order valence-electron chi connectivity index (χ4n) is 5.29. The van der Waals surface area contributed by atoms with Crippen LogP contribution in [0.3, 0.4) is 0 Å². The first-order valence-corrected chi connectivity index (χ1v) is 7.81. The lowest BCUT2D eigenvalue weighted by Crippen LogP contribution is -2.61. The molecule has 1 saturated carbocycles. The Labute approximate surface area is 120 Å². The molecule has 4 atom stereocenters. The number of rotatable bonds is 0. The van der Waals surface area contributed by atoms with E-state index in [-0.39, 0.29) is 11.5 Å². The van der Waals surface area contributed by atoms with Crippen molar-refractivity contribution in [3.63, 3.8) is 0 Å². The van der Waals surface area contributed by atoms with E-state index in [1.807, 2.05) is 12.1 Å². The van der Waals surface area contributed by atoms with Gasteiger partial charge in [-0.15, -0.1) is 0 Å². The molecule has 1 aromatic rings. The molecule has 20 heavy (non-hydrogen) atoms. The van der Waals surface area contributed by atoms with E-state index < -0.39 is 0 Å². The lowest BCUT2D eigenvalue weighted by molar-refractivity contribution is -0.0402. The molecule has 0 spiro atoms. The number of aromatic hydroxyl groups is 1. The number of likely N-dealkylation sites (N-methyl/N-ethyl adjacent to an activating group) is 1. The maximum atomic E-state index is 10.5. The second-order valence-corrected chi connectivity index (χ2v) is 7.01. The first-order chi connectivity index (χ1) is 9.62. The summed E-state index contributed by atoms with van der Waals surface area (Å²) in [4.78, 5) is 2.49. The molecule has 1 saturated heterocycles. The van der Waals surface area contributed by atoms with Crippen LogP contribution in [0.4, 0.5) is 0 Å². The number of fused-ring (bicyclic) bond motifs is 1. The third-order valence-electron chi connectivity index (χ3n) is 6.12. The highest BCUT2D eigenvalue weighted by atomic mass is 16.3. The Kier molecular flexibility index (Phi) is 2.67. The number of aliphatic hydroxyl groups is 1. The van der Waals surface area contributed by atoms with Crippen LogP contribution in [0.2, 0.25) is 0 Å². The molecule has 2 bridgehead atoms. The lowest BCUT2D eigenvalue weighted by Gasteiger charge is -2.59. The van der Waals surface area contributed by atoms with Crippen molar-refractivity contribution < 1.29 is 10.2 Å². The molecule has 1 heterocycles. The number of hydrogen-bond donors (Lipinski definition) is 2. The molecule has 108 valence electrons. The van der Waals surface area contributed by atoms with Crippen LogP contribution >= 0.6 is 0 Å². The Morgan fingerprint density at radius 3 is 3.00 bits per heavy atom. The van der Waals surface area contributed by atoms with Gasteiger partial charge in [0.15, 0.2) is 0 Å². The van der Waals surface area contributed by atoms with Gasteiger partial charge in [0.2, 0.25) is 0 Å². The molecular weight excluding hydrogens is 250 g/mol. The summed E-state index contributed by atoms with van der Waals surface area (Å²) in [6.45, 7) is 1.07. The van der Waals surface area contributed by atoms with E-state index >= 15 is 0 Å². The van der Waals surface area contributed by atoms with Gasteiger partial charge in [0.05, 0.1) is 6.10 Å². The van der Waals surface area contributed by atoms with Crippen LogP contribution < -0.4 is 0 Å². The fraction of sp³-hybridized carbons (Fsp3) is 0.647. The maximum Gasteiger partial charge on any atom is 0.119 e. The van der Waals surface area contributed by atoms with Gasteiger partial charge >= 0.3 is 0 Å². The highest BCUT2D eigenvalue weighted by Crippen LogP contribution is 2.57. The molecule has 0 aromatic heterocycles. The summed E-state index contributed by atoms with van der Waals surface area (Å²) in [5.41, 5.74) is 2.47. The Hall–Kier alpha value is -1.06. The summed E-state index contributed by atoms with van der Waals surface area (Å²) >= 11 is 0. The minimum Gasteiger partial charge on any atom is -0.508 e. The first-order valence-electron chi connectivity index (χ1n) is 7.81. The molecule has 2 fully saturated rings. The van der Waals surface area contributed by atoms with Crippen molar-refractivity contribution >= 4 is 0 Å². The van der Waals surface area contributed by atoms with E-state index in [1.165, 1.54) is 5.56 Å². The molecule has 1 aliphatic heterocycles. The Bertz CT molecular complexity index is 544. The molecule has 0 radical (unpaired) electrons. The molecule has 2 N–H and O–H groups in total. The number of benzene rings is 1. The molecule has 3 heteroatoms. The highest BCUT2D eigenvalue weighted by molar-refractivity contribution is 5.49. The summed E-state index contributed by atoms with van der Waals surface area (Å²) in [6, 6.07) is 6.52. The number of likely N-dealkylation sites (tertiary alicyclic amines) is 1. The molecular formula is C17H23NO2. The average molecular weight is 273 g/mol. The molecule has 4 rings (SSSR count). The first kappa shape index (κ1) is 12.7. The predicted octanol–water partition coefficient (Wildman–Crippen LogP) is 2.05. The number of phenols is 1. The standard InChI is InChI=1S/C17H23NO2/c1-18-8-7-17-10-12(19)5-6-13(17)14(18)9-11-3-2-4-15(20)16(11)17/h2-4,12-14,19-20H,5-10H2,1H3. The van der Waals surface area contributed by atoms with E-state index in [9.17, 15) is 10.2 Å². The zero-order valence-corrected chi connectivity index (χ0v) is 12.0. The van der Waals surface area contributed by atoms with Gasteiger partial charge in [-0.05, 0) is 63.2 Å². The minimum atomic E-state index is -0.208. The van der Waals surface area contributed by atoms with Gasteiger partial charge in [-0.1, -0.05) is 12.1 Å². The van der Waals surface area contributed by atoms with Crippen LogP contribution in [0, 0.1) is 5.92 Å². The average Bonchev–Trinajstić information content (AvgIpc) is 2.42. The number of aliphatic hydroxyl groups excluding tert-OH is 1. The van der Waals surface area contributed by atoms with Gasteiger partial charge in [-0.25, -0.2) is 0 Å². The molecule has 3 nitrogen and oxygen atoms in total. The van der Waals surface area contributed by atoms with Gasteiger partial charge in [0.1, 0.15) is 5.75 Å². The van der Waals surface area contributed by atoms with Gasteiger partial charge < -0.3 is 15.1 Å². The number of nitrogens with zero attached hydrogens (tertiary/aromatic N) is 1. The highest BCUT2D eigenvalue weighted by Gasteiger charge is 2.55. The van der Waals surface area contributed by atoms with Crippen LogP contribution in [-0.2, 0) is 11.8 Å². The smallest absolute Gasteiger partial charge is 0.119 e. The van der Waals surface area contributed by atoms with Gasteiger partial charge in [0, 0.05) is 17.0 Å². The summed E-state index contributed by atoms with van der Waals surface area (Å²) in [7, 11) is 2.23. The number of phenolic OH excluding ortho intramolecular Hbond substituents is 1. The van der Waals surface area contributed by atoms with E-state index in [1.54, 1.807) is 0 Å². The molecule has 1 aromatic carbocycles. The van der Waals surface area contributed by atoms with Crippen molar-refractivity contribution in [2.75, 3.05) is 13.6 Å². The second kappa shape index (κ2) is 4.22. The summed E-state index contributed by atoms with van der Waals surface area (Å²) in [5.74, 6) is 1.04. The normalized spacial score (nSPS) is 40.0. The fourth-order valence-corrected chi connectivity index (χ4v) is 5.29. The maximum absolute atomic E-state index is 10.5. The van der Waals surface area contributed by atoms with Gasteiger partial charge in [-0.2, -0.15) is 0 Å². The molecule has 4 unspecified atom stereocenters. The number of piperidine rings is 1. The van der Waals surface area contributed by atoms with Crippen LogP contribution in [-0.4, -0.2) is 40.9 Å². The van der Waals surface area contributed by atoms with Crippen molar-refractivity contribution in [2.24, 2.45) is 5.92 Å². The number of hydrogen-bond acceptors (Lipinski definition) is 3.